The van der Waals surface area contributed by atoms with Crippen LogP contribution in [0, 0.1) is 5.92 Å². The molecule has 1 aliphatic carbocycles. The summed E-state index contributed by atoms with van der Waals surface area (Å²) in [5.74, 6) is 1.68. The van der Waals surface area contributed by atoms with Gasteiger partial charge in [0.25, 0.3) is 0 Å². The molecular weight excluding hydrogens is 210 g/mol. The van der Waals surface area contributed by atoms with Crippen LogP contribution in [0.2, 0.25) is 0 Å². The number of rotatable bonds is 4. The lowest BCUT2D eigenvalue weighted by Gasteiger charge is -2.28. The normalized spacial score (nSPS) is 22.6. The standard InChI is InChI=1S/C14H23N3/c1-2-4-12(5-3-1)6-7-17-11-16-10-14(17)13-8-15-9-13/h10-13,15H,1-9H2. The summed E-state index contributed by atoms with van der Waals surface area (Å²) in [6.07, 6.45) is 12.7. The number of nitrogens with zero attached hydrogens (tertiary/aromatic N) is 2. The van der Waals surface area contributed by atoms with Crippen molar-refractivity contribution in [3.8, 4) is 0 Å². The predicted molar refractivity (Wildman–Crippen MR) is 69.0 cm³/mol. The van der Waals surface area contributed by atoms with E-state index in [0.717, 1.165) is 19.0 Å². The summed E-state index contributed by atoms with van der Waals surface area (Å²) >= 11 is 0. The monoisotopic (exact) mass is 233 g/mol. The summed E-state index contributed by atoms with van der Waals surface area (Å²) in [6.45, 7) is 3.45. The van der Waals surface area contributed by atoms with Gasteiger partial charge in [0.05, 0.1) is 6.33 Å². The number of imidazole rings is 1. The van der Waals surface area contributed by atoms with Crippen LogP contribution in [0.3, 0.4) is 0 Å². The highest BCUT2D eigenvalue weighted by Gasteiger charge is 2.22. The first kappa shape index (κ1) is 11.3. The lowest BCUT2D eigenvalue weighted by molar-refractivity contribution is 0.319. The first-order valence-corrected chi connectivity index (χ1v) is 7.14. The molecule has 1 aliphatic heterocycles. The summed E-state index contributed by atoms with van der Waals surface area (Å²) in [5, 5.41) is 3.34. The molecule has 0 amide bonds. The molecule has 0 radical (unpaired) electrons. The molecule has 1 saturated heterocycles. The van der Waals surface area contributed by atoms with E-state index in [0.29, 0.717) is 5.92 Å². The third-order valence-corrected chi connectivity index (χ3v) is 4.45. The fraction of sp³-hybridized carbons (Fsp3) is 0.786. The van der Waals surface area contributed by atoms with Gasteiger partial charge >= 0.3 is 0 Å². The molecule has 0 atom stereocenters. The Kier molecular flexibility index (Phi) is 3.46. The maximum atomic E-state index is 4.32. The van der Waals surface area contributed by atoms with Crippen molar-refractivity contribution in [3.63, 3.8) is 0 Å². The molecule has 3 rings (SSSR count). The fourth-order valence-electron chi connectivity index (χ4n) is 3.15. The first-order valence-electron chi connectivity index (χ1n) is 7.14. The summed E-state index contributed by atoms with van der Waals surface area (Å²) in [4.78, 5) is 4.32. The van der Waals surface area contributed by atoms with E-state index in [1.807, 2.05) is 6.33 Å². The van der Waals surface area contributed by atoms with Crippen molar-refractivity contribution in [1.82, 2.24) is 14.9 Å². The Balaban J connectivity index is 1.55. The van der Waals surface area contributed by atoms with Crippen LogP contribution in [-0.2, 0) is 6.54 Å². The summed E-state index contributed by atoms with van der Waals surface area (Å²) in [6, 6.07) is 0. The molecule has 3 nitrogen and oxygen atoms in total. The Labute approximate surface area is 104 Å². The maximum absolute atomic E-state index is 4.32. The van der Waals surface area contributed by atoms with Crippen LogP contribution in [0.25, 0.3) is 0 Å². The molecule has 1 aromatic rings. The van der Waals surface area contributed by atoms with E-state index in [1.54, 1.807) is 0 Å². The Bertz CT molecular complexity index is 348. The molecule has 94 valence electrons. The van der Waals surface area contributed by atoms with E-state index in [2.05, 4.69) is 21.1 Å². The summed E-state index contributed by atoms with van der Waals surface area (Å²) < 4.78 is 2.39. The van der Waals surface area contributed by atoms with Crippen LogP contribution < -0.4 is 5.32 Å². The van der Waals surface area contributed by atoms with Crippen LogP contribution in [0.4, 0.5) is 0 Å². The van der Waals surface area contributed by atoms with Crippen molar-refractivity contribution >= 4 is 0 Å². The molecule has 0 aromatic carbocycles. The van der Waals surface area contributed by atoms with Gasteiger partial charge in [-0.1, -0.05) is 32.1 Å². The van der Waals surface area contributed by atoms with Gasteiger partial charge < -0.3 is 9.88 Å². The molecule has 2 heterocycles. The van der Waals surface area contributed by atoms with Crippen LogP contribution in [-0.4, -0.2) is 22.6 Å². The lowest BCUT2D eigenvalue weighted by atomic mass is 9.87. The molecule has 3 heteroatoms. The highest BCUT2D eigenvalue weighted by molar-refractivity contribution is 5.11. The molecule has 2 fully saturated rings. The van der Waals surface area contributed by atoms with E-state index in [4.69, 9.17) is 0 Å². The van der Waals surface area contributed by atoms with Crippen LogP contribution >= 0.6 is 0 Å². The first-order chi connectivity index (χ1) is 8.43. The molecular formula is C14H23N3. The van der Waals surface area contributed by atoms with Gasteiger partial charge in [-0.3, -0.25) is 0 Å². The quantitative estimate of drug-likeness (QED) is 0.866. The van der Waals surface area contributed by atoms with Gasteiger partial charge in [-0.25, -0.2) is 4.98 Å². The van der Waals surface area contributed by atoms with Gasteiger partial charge in [0.1, 0.15) is 0 Å². The predicted octanol–water partition coefficient (Wildman–Crippen LogP) is 2.54. The van der Waals surface area contributed by atoms with E-state index in [1.165, 1.54) is 50.8 Å². The topological polar surface area (TPSA) is 29.9 Å². The van der Waals surface area contributed by atoms with Crippen molar-refractivity contribution in [2.75, 3.05) is 13.1 Å². The average Bonchev–Trinajstić information content (AvgIpc) is 2.74. The smallest absolute Gasteiger partial charge is 0.0948 e. The molecule has 0 spiro atoms. The Morgan fingerprint density at radius 1 is 1.24 bits per heavy atom. The molecule has 1 N–H and O–H groups in total. The zero-order valence-corrected chi connectivity index (χ0v) is 10.6. The number of aromatic nitrogens is 2. The van der Waals surface area contributed by atoms with E-state index in [9.17, 15) is 0 Å². The number of hydrogen-bond acceptors (Lipinski definition) is 2. The Morgan fingerprint density at radius 2 is 2.06 bits per heavy atom. The maximum Gasteiger partial charge on any atom is 0.0948 e. The minimum atomic E-state index is 0.712. The van der Waals surface area contributed by atoms with Gasteiger partial charge in [0, 0.05) is 37.4 Å². The minimum Gasteiger partial charge on any atom is -0.334 e. The van der Waals surface area contributed by atoms with E-state index in [-0.39, 0.29) is 0 Å². The Hall–Kier alpha value is -0.830. The lowest BCUT2D eigenvalue weighted by Crippen LogP contribution is -2.40. The van der Waals surface area contributed by atoms with Crippen molar-refractivity contribution in [2.45, 2.75) is 51.0 Å². The van der Waals surface area contributed by atoms with Gasteiger partial charge in [-0.2, -0.15) is 0 Å². The summed E-state index contributed by atoms with van der Waals surface area (Å²) in [5.41, 5.74) is 1.44. The zero-order valence-electron chi connectivity index (χ0n) is 10.6. The zero-order chi connectivity index (χ0) is 11.5. The molecule has 2 aliphatic rings. The van der Waals surface area contributed by atoms with Crippen LogP contribution in [0.1, 0.15) is 50.1 Å². The molecule has 0 unspecified atom stereocenters. The van der Waals surface area contributed by atoms with Crippen molar-refractivity contribution in [3.05, 3.63) is 18.2 Å². The number of aryl methyl sites for hydroxylation is 1. The third kappa shape index (κ3) is 2.54. The van der Waals surface area contributed by atoms with Gasteiger partial charge in [-0.05, 0) is 12.3 Å². The minimum absolute atomic E-state index is 0.712. The third-order valence-electron chi connectivity index (χ3n) is 4.45. The summed E-state index contributed by atoms with van der Waals surface area (Å²) in [7, 11) is 0. The second-order valence-corrected chi connectivity index (χ2v) is 5.66. The van der Waals surface area contributed by atoms with Crippen molar-refractivity contribution in [2.24, 2.45) is 5.92 Å². The average molecular weight is 233 g/mol. The van der Waals surface area contributed by atoms with Crippen LogP contribution in [0.15, 0.2) is 12.5 Å². The molecule has 1 saturated carbocycles. The van der Waals surface area contributed by atoms with Crippen LogP contribution in [0.5, 0.6) is 0 Å². The number of hydrogen-bond donors (Lipinski definition) is 1. The highest BCUT2D eigenvalue weighted by Crippen LogP contribution is 2.27. The van der Waals surface area contributed by atoms with Gasteiger partial charge in [0.15, 0.2) is 0 Å². The van der Waals surface area contributed by atoms with E-state index < -0.39 is 0 Å². The molecule has 0 bridgehead atoms. The van der Waals surface area contributed by atoms with Crippen molar-refractivity contribution < 1.29 is 0 Å². The molecule has 17 heavy (non-hydrogen) atoms. The van der Waals surface area contributed by atoms with Gasteiger partial charge in [-0.15, -0.1) is 0 Å². The number of nitrogens with one attached hydrogen (secondary N) is 1. The second kappa shape index (κ2) is 5.21. The van der Waals surface area contributed by atoms with Crippen molar-refractivity contribution in [1.29, 1.82) is 0 Å². The van der Waals surface area contributed by atoms with E-state index >= 15 is 0 Å². The van der Waals surface area contributed by atoms with Gasteiger partial charge in [0.2, 0.25) is 0 Å². The second-order valence-electron chi connectivity index (χ2n) is 5.66. The highest BCUT2D eigenvalue weighted by atomic mass is 15.1. The fourth-order valence-corrected chi connectivity index (χ4v) is 3.15. The SMILES string of the molecule is c1ncn(CCC2CCCCC2)c1C1CNC1. The molecule has 1 aromatic heterocycles. The Morgan fingerprint density at radius 3 is 2.76 bits per heavy atom. The largest absolute Gasteiger partial charge is 0.334 e.